The Kier molecular flexibility index (Phi) is 3.75. The highest BCUT2D eigenvalue weighted by molar-refractivity contribution is 6.42. The second-order valence-electron chi connectivity index (χ2n) is 5.31. The van der Waals surface area contributed by atoms with Crippen molar-refractivity contribution in [1.82, 2.24) is 9.55 Å². The quantitative estimate of drug-likeness (QED) is 0.657. The molecule has 6 nitrogen and oxygen atoms in total. The highest BCUT2D eigenvalue weighted by atomic mass is 35.5. The average Bonchev–Trinajstić information content (AvgIpc) is 2.89. The molecule has 3 rings (SSSR count). The van der Waals surface area contributed by atoms with E-state index in [-0.39, 0.29) is 6.61 Å². The molecule has 1 saturated carbocycles. The number of aromatic nitrogens is 2. The fourth-order valence-electron chi connectivity index (χ4n) is 2.99. The number of hydrogen-bond acceptors (Lipinski definition) is 4. The summed E-state index contributed by atoms with van der Waals surface area (Å²) in [6.45, 7) is -0.252. The summed E-state index contributed by atoms with van der Waals surface area (Å²) in [5.41, 5.74) is 0.589. The first-order valence-corrected chi connectivity index (χ1v) is 7.26. The molecule has 0 radical (unpaired) electrons. The van der Waals surface area contributed by atoms with Gasteiger partial charge in [-0.2, -0.15) is 0 Å². The first-order valence-electron chi connectivity index (χ1n) is 6.50. The number of aliphatic hydroxyl groups excluding tert-OH is 3. The van der Waals surface area contributed by atoms with Gasteiger partial charge in [0.1, 0.15) is 6.10 Å². The van der Waals surface area contributed by atoms with Crippen molar-refractivity contribution in [2.75, 3.05) is 6.61 Å². The Bertz CT molecular complexity index is 742. The minimum atomic E-state index is -1.13. The predicted molar refractivity (Wildman–Crippen MR) is 78.8 cm³/mol. The van der Waals surface area contributed by atoms with Gasteiger partial charge in [-0.15, -0.1) is 0 Å². The molecule has 0 spiro atoms. The van der Waals surface area contributed by atoms with Crippen molar-refractivity contribution in [3.05, 3.63) is 32.7 Å². The van der Waals surface area contributed by atoms with E-state index in [1.54, 1.807) is 12.1 Å². The van der Waals surface area contributed by atoms with Crippen LogP contribution >= 0.6 is 23.2 Å². The third-order valence-corrected chi connectivity index (χ3v) is 4.82. The lowest BCUT2D eigenvalue weighted by atomic mass is 10.1. The summed E-state index contributed by atoms with van der Waals surface area (Å²) >= 11 is 11.9. The largest absolute Gasteiger partial charge is 0.396 e. The summed E-state index contributed by atoms with van der Waals surface area (Å²) in [5, 5.41) is 29.9. The number of hydrogen-bond donors (Lipinski definition) is 4. The molecule has 0 aliphatic heterocycles. The Morgan fingerprint density at radius 3 is 2.52 bits per heavy atom. The fourth-order valence-corrected chi connectivity index (χ4v) is 3.31. The highest BCUT2D eigenvalue weighted by Gasteiger charge is 2.43. The Morgan fingerprint density at radius 1 is 1.24 bits per heavy atom. The van der Waals surface area contributed by atoms with Crippen LogP contribution in [0.15, 0.2) is 16.9 Å². The average molecular weight is 333 g/mol. The molecule has 0 saturated heterocycles. The van der Waals surface area contributed by atoms with Gasteiger partial charge in [-0.3, -0.25) is 4.57 Å². The molecule has 21 heavy (non-hydrogen) atoms. The summed E-state index contributed by atoms with van der Waals surface area (Å²) < 4.78 is 1.36. The van der Waals surface area contributed by atoms with E-state index in [4.69, 9.17) is 23.2 Å². The lowest BCUT2D eigenvalue weighted by Gasteiger charge is -2.18. The van der Waals surface area contributed by atoms with Crippen molar-refractivity contribution in [3.63, 3.8) is 0 Å². The van der Waals surface area contributed by atoms with Gasteiger partial charge in [0, 0.05) is 12.5 Å². The van der Waals surface area contributed by atoms with E-state index in [0.717, 1.165) is 0 Å². The van der Waals surface area contributed by atoms with Gasteiger partial charge in [0.15, 0.2) is 0 Å². The normalized spacial score (nSPS) is 29.4. The summed E-state index contributed by atoms with van der Waals surface area (Å²) in [5.74, 6) is -0.468. The molecule has 114 valence electrons. The Hall–Kier alpha value is -1.05. The van der Waals surface area contributed by atoms with Crippen molar-refractivity contribution in [2.45, 2.75) is 24.7 Å². The molecule has 0 amide bonds. The number of rotatable bonds is 2. The standard InChI is InChI=1S/C13H14Cl2N2O4/c14-6-2-8-9(3-7(6)15)17(13(21)16-8)10-1-5(4-18)11(19)12(10)20/h2-3,5,10-12,18-20H,1,4H2,(H,16,21). The van der Waals surface area contributed by atoms with E-state index in [2.05, 4.69) is 4.98 Å². The molecule has 8 heteroatoms. The van der Waals surface area contributed by atoms with Gasteiger partial charge in [0.2, 0.25) is 0 Å². The lowest BCUT2D eigenvalue weighted by molar-refractivity contribution is -0.00395. The molecule has 0 bridgehead atoms. The van der Waals surface area contributed by atoms with Crippen molar-refractivity contribution in [3.8, 4) is 0 Å². The van der Waals surface area contributed by atoms with Crippen LogP contribution in [0.25, 0.3) is 11.0 Å². The number of fused-ring (bicyclic) bond motifs is 1. The zero-order chi connectivity index (χ0) is 15.3. The topological polar surface area (TPSA) is 98.5 Å². The molecule has 1 aliphatic carbocycles. The first-order chi connectivity index (χ1) is 9.93. The van der Waals surface area contributed by atoms with Crippen LogP contribution in [-0.2, 0) is 0 Å². The third kappa shape index (κ3) is 2.27. The van der Waals surface area contributed by atoms with E-state index in [0.29, 0.717) is 27.5 Å². The maximum absolute atomic E-state index is 12.2. The van der Waals surface area contributed by atoms with Crippen molar-refractivity contribution >= 4 is 34.2 Å². The molecule has 4 atom stereocenters. The van der Waals surface area contributed by atoms with Gasteiger partial charge in [-0.1, -0.05) is 23.2 Å². The maximum Gasteiger partial charge on any atom is 0.326 e. The number of benzene rings is 1. The molecular weight excluding hydrogens is 319 g/mol. The number of nitrogens with one attached hydrogen (secondary N) is 1. The van der Waals surface area contributed by atoms with E-state index in [1.165, 1.54) is 4.57 Å². The Labute approximate surface area is 129 Å². The monoisotopic (exact) mass is 332 g/mol. The molecule has 1 heterocycles. The van der Waals surface area contributed by atoms with Gasteiger partial charge < -0.3 is 20.3 Å². The summed E-state index contributed by atoms with van der Waals surface area (Å²) in [7, 11) is 0. The van der Waals surface area contributed by atoms with Gasteiger partial charge in [0.25, 0.3) is 0 Å². The molecular formula is C13H14Cl2N2O4. The Morgan fingerprint density at radius 2 is 1.90 bits per heavy atom. The van der Waals surface area contributed by atoms with Gasteiger partial charge in [-0.05, 0) is 18.6 Å². The van der Waals surface area contributed by atoms with Crippen LogP contribution in [-0.4, -0.2) is 43.7 Å². The second-order valence-corrected chi connectivity index (χ2v) is 6.12. The van der Waals surface area contributed by atoms with Gasteiger partial charge in [-0.25, -0.2) is 4.79 Å². The highest BCUT2D eigenvalue weighted by Crippen LogP contribution is 2.37. The van der Waals surface area contributed by atoms with Gasteiger partial charge in [0.05, 0.1) is 33.2 Å². The number of H-pyrrole nitrogens is 1. The molecule has 1 fully saturated rings. The maximum atomic E-state index is 12.2. The van der Waals surface area contributed by atoms with Crippen LogP contribution in [0.3, 0.4) is 0 Å². The molecule has 2 aromatic rings. The smallest absolute Gasteiger partial charge is 0.326 e. The molecule has 1 aromatic heterocycles. The van der Waals surface area contributed by atoms with E-state index in [1.807, 2.05) is 0 Å². The molecule has 1 aliphatic rings. The number of aromatic amines is 1. The second kappa shape index (κ2) is 5.30. The van der Waals surface area contributed by atoms with Crippen LogP contribution in [0.1, 0.15) is 12.5 Å². The molecule has 4 unspecified atom stereocenters. The summed E-state index contributed by atoms with van der Waals surface area (Å²) in [6.07, 6.45) is -1.90. The zero-order valence-electron chi connectivity index (χ0n) is 10.8. The number of halogens is 2. The Balaban J connectivity index is 2.15. The van der Waals surface area contributed by atoms with Crippen LogP contribution in [0.2, 0.25) is 10.0 Å². The first kappa shape index (κ1) is 14.9. The van der Waals surface area contributed by atoms with E-state index >= 15 is 0 Å². The van der Waals surface area contributed by atoms with E-state index in [9.17, 15) is 20.1 Å². The molecule has 1 aromatic carbocycles. The predicted octanol–water partition coefficient (Wildman–Crippen LogP) is 0.911. The van der Waals surface area contributed by atoms with Crippen LogP contribution in [0, 0.1) is 5.92 Å². The van der Waals surface area contributed by atoms with Crippen LogP contribution < -0.4 is 5.69 Å². The lowest BCUT2D eigenvalue weighted by Crippen LogP contribution is -2.33. The van der Waals surface area contributed by atoms with Crippen molar-refractivity contribution < 1.29 is 15.3 Å². The molecule has 4 N–H and O–H groups in total. The summed E-state index contributed by atoms with van der Waals surface area (Å²) in [6, 6.07) is 2.46. The minimum absolute atomic E-state index is 0.252. The fraction of sp³-hybridized carbons (Fsp3) is 0.462. The van der Waals surface area contributed by atoms with Crippen molar-refractivity contribution in [1.29, 1.82) is 0 Å². The number of imidazole rings is 1. The van der Waals surface area contributed by atoms with Crippen LogP contribution in [0.5, 0.6) is 0 Å². The SMILES string of the molecule is O=c1[nH]c2cc(Cl)c(Cl)cc2n1C1CC(CO)C(O)C1O. The van der Waals surface area contributed by atoms with Crippen LogP contribution in [0.4, 0.5) is 0 Å². The van der Waals surface area contributed by atoms with E-state index < -0.39 is 29.9 Å². The van der Waals surface area contributed by atoms with Crippen molar-refractivity contribution in [2.24, 2.45) is 5.92 Å². The minimum Gasteiger partial charge on any atom is -0.396 e. The summed E-state index contributed by atoms with van der Waals surface area (Å²) in [4.78, 5) is 14.8. The number of aliphatic hydroxyl groups is 3. The zero-order valence-corrected chi connectivity index (χ0v) is 12.3. The van der Waals surface area contributed by atoms with Gasteiger partial charge >= 0.3 is 5.69 Å². The number of nitrogens with zero attached hydrogens (tertiary/aromatic N) is 1. The third-order valence-electron chi connectivity index (χ3n) is 4.10.